The van der Waals surface area contributed by atoms with Crippen LogP contribution in [0.5, 0.6) is 0 Å². The Bertz CT molecular complexity index is 1110. The van der Waals surface area contributed by atoms with Gasteiger partial charge in [0.2, 0.25) is 5.88 Å². The van der Waals surface area contributed by atoms with Crippen molar-refractivity contribution in [1.29, 1.82) is 0 Å². The second-order valence-corrected chi connectivity index (χ2v) is 7.37. The van der Waals surface area contributed by atoms with Gasteiger partial charge in [-0.15, -0.1) is 0 Å². The number of nitrogens with zero attached hydrogens (tertiary/aromatic N) is 5. The average molecular weight is 377 g/mol. The van der Waals surface area contributed by atoms with Crippen LogP contribution >= 0.6 is 0 Å². The lowest BCUT2D eigenvalue weighted by atomic mass is 10.1. The molecule has 142 valence electrons. The lowest BCUT2D eigenvalue weighted by Gasteiger charge is -2.31. The molecule has 1 aliphatic heterocycles. The van der Waals surface area contributed by atoms with Crippen LogP contribution in [0, 0.1) is 11.7 Å². The maximum atomic E-state index is 14.2. The molecule has 0 radical (unpaired) electrons. The number of benzene rings is 1. The fourth-order valence-corrected chi connectivity index (χ4v) is 3.81. The summed E-state index contributed by atoms with van der Waals surface area (Å²) in [5.74, 6) is 0.889. The van der Waals surface area contributed by atoms with Gasteiger partial charge >= 0.3 is 0 Å². The molecule has 7 heteroatoms. The topological polar surface area (TPSA) is 66.5 Å². The van der Waals surface area contributed by atoms with Crippen molar-refractivity contribution in [3.8, 4) is 0 Å². The fraction of sp³-hybridized carbons (Fsp3) is 0.286. The van der Waals surface area contributed by atoms with E-state index in [0.29, 0.717) is 28.7 Å². The van der Waals surface area contributed by atoms with Gasteiger partial charge in [-0.05, 0) is 37.0 Å². The summed E-state index contributed by atoms with van der Waals surface area (Å²) in [6, 6.07) is 10.5. The zero-order valence-corrected chi connectivity index (χ0v) is 15.5. The molecule has 0 amide bonds. The maximum Gasteiger partial charge on any atom is 0.210 e. The molecule has 1 unspecified atom stereocenters. The summed E-state index contributed by atoms with van der Waals surface area (Å²) in [5, 5.41) is 15.8. The quantitative estimate of drug-likeness (QED) is 0.756. The molecule has 0 spiro atoms. The van der Waals surface area contributed by atoms with Crippen LogP contribution in [-0.2, 0) is 6.54 Å². The summed E-state index contributed by atoms with van der Waals surface area (Å²) in [6.45, 7) is 0.269. The van der Waals surface area contributed by atoms with E-state index in [-0.39, 0.29) is 24.3 Å². The van der Waals surface area contributed by atoms with E-state index in [1.807, 2.05) is 19.2 Å². The molecule has 1 saturated carbocycles. The minimum absolute atomic E-state index is 0.0192. The first-order chi connectivity index (χ1) is 13.6. The predicted molar refractivity (Wildman–Crippen MR) is 105 cm³/mol. The Kier molecular flexibility index (Phi) is 3.89. The zero-order valence-electron chi connectivity index (χ0n) is 15.5. The molecule has 5 rings (SSSR count). The maximum absolute atomic E-state index is 14.2. The third-order valence-electron chi connectivity index (χ3n) is 5.42. The zero-order chi connectivity index (χ0) is 19.3. The minimum atomic E-state index is -0.273. The van der Waals surface area contributed by atoms with E-state index >= 15 is 0 Å². The van der Waals surface area contributed by atoms with Crippen LogP contribution < -0.4 is 0 Å². The second kappa shape index (κ2) is 6.44. The van der Waals surface area contributed by atoms with Gasteiger partial charge in [-0.25, -0.2) is 14.1 Å². The van der Waals surface area contributed by atoms with Gasteiger partial charge in [0.15, 0.2) is 11.5 Å². The van der Waals surface area contributed by atoms with Gasteiger partial charge in [-0.1, -0.05) is 18.2 Å². The van der Waals surface area contributed by atoms with Crippen LogP contribution in [0.25, 0.3) is 11.0 Å². The smallest absolute Gasteiger partial charge is 0.210 e. The third kappa shape index (κ3) is 2.83. The highest BCUT2D eigenvalue weighted by atomic mass is 19.1. The molecule has 1 aliphatic carbocycles. The standard InChI is InChI=1S/C21H20FN5O/c1-26-17(13-8-9-13)11-18(28)24-21(26)19-15-6-4-10-23-20(15)27(25-19)12-14-5-2-3-7-16(14)22/h2-7,10-11,13,17,28H,8-9,12H2,1H3. The molecule has 3 aromatic rings. The Balaban J connectivity index is 1.61. The SMILES string of the molecule is CN1C(c2nn(Cc3ccccc3F)c3ncccc23)=NC(O)=CC1C1CC1. The number of rotatable bonds is 4. The lowest BCUT2D eigenvalue weighted by molar-refractivity contribution is 0.334. The van der Waals surface area contributed by atoms with Crippen molar-refractivity contribution >= 4 is 16.9 Å². The highest BCUT2D eigenvalue weighted by Gasteiger charge is 2.37. The van der Waals surface area contributed by atoms with Crippen LogP contribution in [0.3, 0.4) is 0 Å². The summed E-state index contributed by atoms with van der Waals surface area (Å²) >= 11 is 0. The number of likely N-dealkylation sites (N-methyl/N-ethyl adjacent to an activating group) is 1. The van der Waals surface area contributed by atoms with Crippen LogP contribution in [0.4, 0.5) is 4.39 Å². The molecule has 28 heavy (non-hydrogen) atoms. The van der Waals surface area contributed by atoms with Gasteiger partial charge in [0, 0.05) is 24.9 Å². The molecule has 2 aromatic heterocycles. The molecule has 0 bridgehead atoms. The predicted octanol–water partition coefficient (Wildman–Crippen LogP) is 3.49. The second-order valence-electron chi connectivity index (χ2n) is 7.37. The van der Waals surface area contributed by atoms with Gasteiger partial charge in [0.25, 0.3) is 0 Å². The highest BCUT2D eigenvalue weighted by molar-refractivity contribution is 6.07. The van der Waals surface area contributed by atoms with Crippen LogP contribution in [0.2, 0.25) is 0 Å². The summed E-state index contributed by atoms with van der Waals surface area (Å²) in [6.07, 6.45) is 5.80. The van der Waals surface area contributed by atoms with Gasteiger partial charge in [-0.2, -0.15) is 10.1 Å². The number of aliphatic imine (C=N–C) groups is 1. The van der Waals surface area contributed by atoms with Crippen molar-refractivity contribution in [2.45, 2.75) is 25.4 Å². The fourth-order valence-electron chi connectivity index (χ4n) is 3.81. The Morgan fingerprint density at radius 2 is 2.00 bits per heavy atom. The van der Waals surface area contributed by atoms with Gasteiger partial charge in [-0.3, -0.25) is 0 Å². The van der Waals surface area contributed by atoms with E-state index in [4.69, 9.17) is 5.10 Å². The number of aliphatic hydroxyl groups is 1. The first-order valence-electron chi connectivity index (χ1n) is 9.39. The number of aliphatic hydroxyl groups excluding tert-OH is 1. The van der Waals surface area contributed by atoms with E-state index in [1.165, 1.54) is 6.07 Å². The third-order valence-corrected chi connectivity index (χ3v) is 5.42. The Morgan fingerprint density at radius 3 is 2.79 bits per heavy atom. The monoisotopic (exact) mass is 377 g/mol. The molecule has 6 nitrogen and oxygen atoms in total. The Labute approximate surface area is 161 Å². The largest absolute Gasteiger partial charge is 0.493 e. The molecule has 1 atom stereocenters. The number of aromatic nitrogens is 3. The number of pyridine rings is 1. The average Bonchev–Trinajstić information content (AvgIpc) is 3.48. The van der Waals surface area contributed by atoms with Gasteiger partial charge in [0.05, 0.1) is 18.0 Å². The number of hydrogen-bond donors (Lipinski definition) is 1. The van der Waals surface area contributed by atoms with Crippen LogP contribution in [0.15, 0.2) is 59.5 Å². The number of fused-ring (bicyclic) bond motifs is 1. The summed E-state index contributed by atoms with van der Waals surface area (Å²) < 4.78 is 15.9. The summed E-state index contributed by atoms with van der Waals surface area (Å²) in [4.78, 5) is 10.9. The summed E-state index contributed by atoms with van der Waals surface area (Å²) in [5.41, 5.74) is 1.85. The Hall–Kier alpha value is -3.22. The van der Waals surface area contributed by atoms with Crippen molar-refractivity contribution in [1.82, 2.24) is 19.7 Å². The molecule has 2 aliphatic rings. The summed E-state index contributed by atoms with van der Waals surface area (Å²) in [7, 11) is 1.98. The lowest BCUT2D eigenvalue weighted by Crippen LogP contribution is -2.40. The van der Waals surface area contributed by atoms with Crippen molar-refractivity contribution in [2.75, 3.05) is 7.05 Å². The van der Waals surface area contributed by atoms with E-state index in [1.54, 1.807) is 35.2 Å². The molecule has 0 saturated heterocycles. The normalized spacial score (nSPS) is 19.6. The molecule has 1 N–H and O–H groups in total. The van der Waals surface area contributed by atoms with Gasteiger partial charge < -0.3 is 10.0 Å². The molecule has 1 fully saturated rings. The van der Waals surface area contributed by atoms with Crippen molar-refractivity contribution in [3.63, 3.8) is 0 Å². The van der Waals surface area contributed by atoms with Crippen LogP contribution in [0.1, 0.15) is 24.1 Å². The highest BCUT2D eigenvalue weighted by Crippen LogP contribution is 2.38. The minimum Gasteiger partial charge on any atom is -0.493 e. The van der Waals surface area contributed by atoms with E-state index < -0.39 is 0 Å². The van der Waals surface area contributed by atoms with Crippen molar-refractivity contribution < 1.29 is 9.50 Å². The first kappa shape index (κ1) is 16.9. The molecule has 1 aromatic carbocycles. The molecule has 3 heterocycles. The van der Waals surface area contributed by atoms with Crippen molar-refractivity contribution in [2.24, 2.45) is 10.9 Å². The first-order valence-corrected chi connectivity index (χ1v) is 9.39. The molecular weight excluding hydrogens is 357 g/mol. The van der Waals surface area contributed by atoms with E-state index in [9.17, 15) is 9.50 Å². The number of amidine groups is 1. The number of hydrogen-bond acceptors (Lipinski definition) is 5. The van der Waals surface area contributed by atoms with E-state index in [0.717, 1.165) is 18.2 Å². The number of halogens is 1. The van der Waals surface area contributed by atoms with Gasteiger partial charge in [0.1, 0.15) is 11.5 Å². The molecular formula is C21H20FN5O. The van der Waals surface area contributed by atoms with Crippen molar-refractivity contribution in [3.05, 3.63) is 71.6 Å². The van der Waals surface area contributed by atoms with E-state index in [2.05, 4.69) is 14.9 Å². The Morgan fingerprint density at radius 1 is 1.18 bits per heavy atom. The van der Waals surface area contributed by atoms with Crippen LogP contribution in [-0.4, -0.2) is 43.7 Å².